The molecule has 0 bridgehead atoms. The number of carboxylic acid groups (broad SMARTS) is 1. The summed E-state index contributed by atoms with van der Waals surface area (Å²) in [6.45, 7) is 0. The van der Waals surface area contributed by atoms with Gasteiger partial charge in [-0.1, -0.05) is 12.1 Å². The zero-order valence-electron chi connectivity index (χ0n) is 8.23. The van der Waals surface area contributed by atoms with Gasteiger partial charge < -0.3 is 9.84 Å². The second-order valence-corrected chi connectivity index (χ2v) is 2.44. The van der Waals surface area contributed by atoms with Crippen LogP contribution in [0.25, 0.3) is 6.08 Å². The fourth-order valence-electron chi connectivity index (χ4n) is 0.883. The van der Waals surface area contributed by atoms with Crippen molar-refractivity contribution < 1.29 is 44.2 Å². The number of aliphatic carboxylic acids is 1. The molecule has 0 saturated carbocycles. The van der Waals surface area contributed by atoms with Crippen LogP contribution >= 0.6 is 0 Å². The molecule has 0 unspecified atom stereocenters. The Balaban J connectivity index is 0.00000169. The van der Waals surface area contributed by atoms with Crippen LogP contribution in [0.5, 0.6) is 5.75 Å². The predicted octanol–water partition coefficient (Wildman–Crippen LogP) is -1.20. The Morgan fingerprint density at radius 3 is 2.36 bits per heavy atom. The number of ether oxygens (including phenoxy) is 1. The van der Waals surface area contributed by atoms with E-state index in [2.05, 4.69) is 0 Å². The predicted molar refractivity (Wildman–Crippen MR) is 49.7 cm³/mol. The molecule has 4 heteroatoms. The van der Waals surface area contributed by atoms with Gasteiger partial charge in [0.1, 0.15) is 5.75 Å². The molecule has 0 aliphatic heterocycles. The molecule has 0 saturated heterocycles. The summed E-state index contributed by atoms with van der Waals surface area (Å²) in [6, 6.07) is 7.14. The smallest absolute Gasteiger partial charge is 0.497 e. The van der Waals surface area contributed by atoms with Gasteiger partial charge in [-0.15, -0.1) is 0 Å². The van der Waals surface area contributed by atoms with Crippen LogP contribution in [0.1, 0.15) is 5.56 Å². The zero-order chi connectivity index (χ0) is 9.68. The first kappa shape index (κ1) is 13.2. The van der Waals surface area contributed by atoms with E-state index in [0.29, 0.717) is 0 Å². The summed E-state index contributed by atoms with van der Waals surface area (Å²) < 4.78 is 4.95. The first-order valence-corrected chi connectivity index (χ1v) is 3.77. The summed E-state index contributed by atoms with van der Waals surface area (Å²) in [6.07, 6.45) is 2.63. The van der Waals surface area contributed by atoms with Crippen LogP contribution in [0.3, 0.4) is 0 Å². The van der Waals surface area contributed by atoms with Gasteiger partial charge in [-0.2, -0.15) is 0 Å². The van der Waals surface area contributed by atoms with E-state index in [1.807, 2.05) is 0 Å². The second-order valence-electron chi connectivity index (χ2n) is 2.44. The summed E-state index contributed by atoms with van der Waals surface area (Å²) >= 11 is 0. The van der Waals surface area contributed by atoms with Gasteiger partial charge in [0, 0.05) is 6.08 Å². The fourth-order valence-corrected chi connectivity index (χ4v) is 0.883. The molecule has 0 aromatic heterocycles. The molecule has 3 nitrogen and oxygen atoms in total. The van der Waals surface area contributed by atoms with E-state index in [4.69, 9.17) is 9.84 Å². The third-order valence-electron chi connectivity index (χ3n) is 1.53. The Labute approximate surface area is 105 Å². The van der Waals surface area contributed by atoms with Crippen LogP contribution in [0.2, 0.25) is 0 Å². The van der Waals surface area contributed by atoms with E-state index < -0.39 is 5.97 Å². The molecule has 0 radical (unpaired) electrons. The van der Waals surface area contributed by atoms with Gasteiger partial charge in [0.2, 0.25) is 0 Å². The fraction of sp³-hybridized carbons (Fsp3) is 0.100. The van der Waals surface area contributed by atoms with Crippen LogP contribution < -0.4 is 34.3 Å². The molecule has 1 N–H and O–H groups in total. The molecular weight excluding hydrogens is 191 g/mol. The number of carboxylic acids is 1. The topological polar surface area (TPSA) is 46.5 Å². The van der Waals surface area contributed by atoms with Gasteiger partial charge in [-0.3, -0.25) is 0 Å². The molecule has 0 heterocycles. The molecule has 0 spiro atoms. The van der Waals surface area contributed by atoms with E-state index in [0.717, 1.165) is 17.4 Å². The molecule has 68 valence electrons. The largest absolute Gasteiger partial charge is 1.00 e. The maximum atomic E-state index is 10.2. The molecule has 1 rings (SSSR count). The molecule has 0 aliphatic rings. The number of rotatable bonds is 3. The first-order chi connectivity index (χ1) is 6.22. The zero-order valence-corrected chi connectivity index (χ0v) is 10.2. The number of carbonyl (C=O) groups is 1. The Hall–Kier alpha value is -0.770. The normalized spacial score (nSPS) is 9.50. The van der Waals surface area contributed by atoms with Gasteiger partial charge in [0.15, 0.2) is 0 Å². The average molecular weight is 201 g/mol. The van der Waals surface area contributed by atoms with Crippen LogP contribution in [0, 0.1) is 0 Å². The number of benzene rings is 1. The van der Waals surface area contributed by atoms with Crippen molar-refractivity contribution in [1.29, 1.82) is 0 Å². The Kier molecular flexibility index (Phi) is 6.28. The van der Waals surface area contributed by atoms with Gasteiger partial charge in [-0.05, 0) is 23.8 Å². The Morgan fingerprint density at radius 1 is 1.36 bits per heavy atom. The first-order valence-electron chi connectivity index (χ1n) is 3.77. The van der Waals surface area contributed by atoms with E-state index in [1.54, 1.807) is 31.4 Å². The van der Waals surface area contributed by atoms with E-state index in [1.165, 1.54) is 6.08 Å². The van der Waals surface area contributed by atoms with Gasteiger partial charge in [-0.25, -0.2) is 4.79 Å². The average Bonchev–Trinajstić information content (AvgIpc) is 2.15. The molecule has 14 heavy (non-hydrogen) atoms. The third-order valence-corrected chi connectivity index (χ3v) is 1.53. The summed E-state index contributed by atoms with van der Waals surface area (Å²) in [5.41, 5.74) is 0.836. The molecular formula is C10H10NaO3+. The third kappa shape index (κ3) is 4.46. The van der Waals surface area contributed by atoms with Crippen LogP contribution in [0.15, 0.2) is 30.3 Å². The minimum Gasteiger partial charge on any atom is -0.497 e. The summed E-state index contributed by atoms with van der Waals surface area (Å²) in [5, 5.41) is 8.36. The minimum atomic E-state index is -0.948. The standard InChI is InChI=1S/C10H10O3.Na/c1-13-9-5-2-8(3-6-9)4-7-10(11)12;/h2-7H,1H3,(H,11,12);/q;+1/b7-4+;. The summed E-state index contributed by atoms with van der Waals surface area (Å²) in [5.74, 6) is -0.191. The molecule has 1 aromatic carbocycles. The summed E-state index contributed by atoms with van der Waals surface area (Å²) in [7, 11) is 1.59. The molecule has 0 atom stereocenters. The number of methoxy groups -OCH3 is 1. The quantitative estimate of drug-likeness (QED) is 0.493. The molecule has 0 aliphatic carbocycles. The SMILES string of the molecule is COc1ccc(/C=C/C(=O)O)cc1.[Na+]. The number of hydrogen-bond acceptors (Lipinski definition) is 2. The van der Waals surface area contributed by atoms with Crippen LogP contribution in [-0.2, 0) is 4.79 Å². The van der Waals surface area contributed by atoms with Gasteiger partial charge in [0.05, 0.1) is 7.11 Å². The number of hydrogen-bond donors (Lipinski definition) is 1. The Morgan fingerprint density at radius 2 is 1.93 bits per heavy atom. The minimum absolute atomic E-state index is 0. The van der Waals surface area contributed by atoms with Crippen molar-refractivity contribution in [3.8, 4) is 5.75 Å². The van der Waals surface area contributed by atoms with E-state index in [-0.39, 0.29) is 29.6 Å². The van der Waals surface area contributed by atoms with E-state index in [9.17, 15) is 4.79 Å². The van der Waals surface area contributed by atoms with Crippen molar-refractivity contribution in [2.75, 3.05) is 7.11 Å². The maximum Gasteiger partial charge on any atom is 1.00 e. The van der Waals surface area contributed by atoms with Crippen LogP contribution in [-0.4, -0.2) is 18.2 Å². The molecule has 0 fully saturated rings. The second kappa shape index (κ2) is 6.65. The van der Waals surface area contributed by atoms with Gasteiger partial charge in [0.25, 0.3) is 0 Å². The van der Waals surface area contributed by atoms with Crippen molar-refractivity contribution in [2.24, 2.45) is 0 Å². The van der Waals surface area contributed by atoms with Crippen molar-refractivity contribution in [3.05, 3.63) is 35.9 Å². The molecule has 0 amide bonds. The van der Waals surface area contributed by atoms with Crippen molar-refractivity contribution in [2.45, 2.75) is 0 Å². The van der Waals surface area contributed by atoms with Crippen molar-refractivity contribution in [3.63, 3.8) is 0 Å². The van der Waals surface area contributed by atoms with Crippen molar-refractivity contribution in [1.82, 2.24) is 0 Å². The monoisotopic (exact) mass is 201 g/mol. The van der Waals surface area contributed by atoms with E-state index >= 15 is 0 Å². The summed E-state index contributed by atoms with van der Waals surface area (Å²) in [4.78, 5) is 10.2. The van der Waals surface area contributed by atoms with Crippen molar-refractivity contribution >= 4 is 12.0 Å². The van der Waals surface area contributed by atoms with Crippen LogP contribution in [0.4, 0.5) is 0 Å². The maximum absolute atomic E-state index is 10.2. The molecule has 1 aromatic rings. The van der Waals surface area contributed by atoms with Gasteiger partial charge >= 0.3 is 35.5 Å². The Bertz CT molecular complexity index is 317.